The normalized spacial score (nSPS) is 27.6. The van der Waals surface area contributed by atoms with Crippen LogP contribution in [0.1, 0.15) is 40.0 Å². The van der Waals surface area contributed by atoms with Crippen molar-refractivity contribution in [2.75, 3.05) is 26.7 Å². The van der Waals surface area contributed by atoms with Gasteiger partial charge in [-0.25, -0.2) is 0 Å². The minimum atomic E-state index is 0.669. The fourth-order valence-corrected chi connectivity index (χ4v) is 2.35. The predicted octanol–water partition coefficient (Wildman–Crippen LogP) is 2.35. The molecule has 1 fully saturated rings. The maximum absolute atomic E-state index is 3.70. The highest BCUT2D eigenvalue weighted by Gasteiger charge is 2.18. The second-order valence-electron chi connectivity index (χ2n) is 5.35. The van der Waals surface area contributed by atoms with Gasteiger partial charge in [-0.15, -0.1) is 0 Å². The van der Waals surface area contributed by atoms with Gasteiger partial charge in [-0.1, -0.05) is 20.3 Å². The second-order valence-corrected chi connectivity index (χ2v) is 5.35. The summed E-state index contributed by atoms with van der Waals surface area (Å²) in [6, 6.07) is 0.669. The fraction of sp³-hybridized carbons (Fsp3) is 1.00. The third-order valence-electron chi connectivity index (χ3n) is 3.95. The molecular formula is C13H28N2. The van der Waals surface area contributed by atoms with E-state index in [1.807, 2.05) is 0 Å². The standard InChI is InChI=1S/C13H28N2/c1-5-11(2)12(3)14-9-13-7-6-8-15(4)10-13/h11-14H,5-10H2,1-4H3. The molecule has 0 aromatic rings. The van der Waals surface area contributed by atoms with E-state index < -0.39 is 0 Å². The average molecular weight is 212 g/mol. The van der Waals surface area contributed by atoms with Gasteiger partial charge in [0.25, 0.3) is 0 Å². The fourth-order valence-electron chi connectivity index (χ4n) is 2.35. The number of nitrogens with zero attached hydrogens (tertiary/aromatic N) is 1. The van der Waals surface area contributed by atoms with Crippen LogP contribution >= 0.6 is 0 Å². The van der Waals surface area contributed by atoms with E-state index in [9.17, 15) is 0 Å². The third-order valence-corrected chi connectivity index (χ3v) is 3.95. The van der Waals surface area contributed by atoms with Gasteiger partial charge in [0, 0.05) is 12.6 Å². The van der Waals surface area contributed by atoms with Gasteiger partial charge in [0.2, 0.25) is 0 Å². The lowest BCUT2D eigenvalue weighted by Crippen LogP contribution is -2.41. The zero-order chi connectivity index (χ0) is 11.3. The molecule has 0 bridgehead atoms. The molecule has 0 spiro atoms. The van der Waals surface area contributed by atoms with Gasteiger partial charge in [-0.05, 0) is 51.7 Å². The molecular weight excluding hydrogens is 184 g/mol. The lowest BCUT2D eigenvalue weighted by atomic mass is 9.96. The molecule has 1 saturated heterocycles. The van der Waals surface area contributed by atoms with Crippen molar-refractivity contribution in [3.8, 4) is 0 Å². The summed E-state index contributed by atoms with van der Waals surface area (Å²) in [5, 5.41) is 3.70. The van der Waals surface area contributed by atoms with E-state index in [0.717, 1.165) is 11.8 Å². The maximum Gasteiger partial charge on any atom is 0.00643 e. The van der Waals surface area contributed by atoms with Crippen LogP contribution in [0.3, 0.4) is 0 Å². The Bertz CT molecular complexity index is 170. The number of nitrogens with one attached hydrogen (secondary N) is 1. The van der Waals surface area contributed by atoms with Gasteiger partial charge in [0.1, 0.15) is 0 Å². The van der Waals surface area contributed by atoms with Crippen LogP contribution in [0.5, 0.6) is 0 Å². The Hall–Kier alpha value is -0.0800. The molecule has 3 atom stereocenters. The molecule has 0 aromatic carbocycles. The minimum Gasteiger partial charge on any atom is -0.314 e. The zero-order valence-electron chi connectivity index (χ0n) is 10.9. The molecule has 0 saturated carbocycles. The van der Waals surface area contributed by atoms with Crippen LogP contribution in [0.2, 0.25) is 0 Å². The van der Waals surface area contributed by atoms with Crippen LogP contribution in [-0.2, 0) is 0 Å². The van der Waals surface area contributed by atoms with Crippen LogP contribution in [0, 0.1) is 11.8 Å². The van der Waals surface area contributed by atoms with Crippen molar-refractivity contribution in [2.45, 2.75) is 46.1 Å². The molecule has 0 amide bonds. The Balaban J connectivity index is 2.18. The van der Waals surface area contributed by atoms with Gasteiger partial charge < -0.3 is 10.2 Å². The van der Waals surface area contributed by atoms with Crippen molar-refractivity contribution >= 4 is 0 Å². The molecule has 0 aromatic heterocycles. The van der Waals surface area contributed by atoms with Crippen molar-refractivity contribution in [3.05, 3.63) is 0 Å². The number of hydrogen-bond acceptors (Lipinski definition) is 2. The first-order valence-corrected chi connectivity index (χ1v) is 6.55. The molecule has 0 aliphatic carbocycles. The molecule has 1 rings (SSSR count). The first kappa shape index (κ1) is 13.0. The number of likely N-dealkylation sites (tertiary alicyclic amines) is 1. The lowest BCUT2D eigenvalue weighted by Gasteiger charge is -2.31. The van der Waals surface area contributed by atoms with Crippen LogP contribution in [0.4, 0.5) is 0 Å². The molecule has 1 aliphatic heterocycles. The van der Waals surface area contributed by atoms with Gasteiger partial charge in [0.15, 0.2) is 0 Å². The Morgan fingerprint density at radius 1 is 1.40 bits per heavy atom. The van der Waals surface area contributed by atoms with E-state index in [2.05, 4.69) is 38.0 Å². The lowest BCUT2D eigenvalue weighted by molar-refractivity contribution is 0.199. The summed E-state index contributed by atoms with van der Waals surface area (Å²) in [4.78, 5) is 2.46. The number of piperidine rings is 1. The number of rotatable bonds is 5. The van der Waals surface area contributed by atoms with Gasteiger partial charge >= 0.3 is 0 Å². The van der Waals surface area contributed by atoms with Crippen LogP contribution in [0.15, 0.2) is 0 Å². The summed E-state index contributed by atoms with van der Waals surface area (Å²) in [5.41, 5.74) is 0. The van der Waals surface area contributed by atoms with Crippen LogP contribution < -0.4 is 5.32 Å². The maximum atomic E-state index is 3.70. The van der Waals surface area contributed by atoms with Gasteiger partial charge in [-0.2, -0.15) is 0 Å². The molecule has 1 aliphatic rings. The SMILES string of the molecule is CCC(C)C(C)NCC1CCCN(C)C1. The highest BCUT2D eigenvalue weighted by molar-refractivity contribution is 4.75. The summed E-state index contributed by atoms with van der Waals surface area (Å²) >= 11 is 0. The molecule has 1 heterocycles. The first-order valence-electron chi connectivity index (χ1n) is 6.55. The topological polar surface area (TPSA) is 15.3 Å². The van der Waals surface area contributed by atoms with Crippen molar-refractivity contribution in [1.29, 1.82) is 0 Å². The molecule has 1 N–H and O–H groups in total. The molecule has 0 radical (unpaired) electrons. The Morgan fingerprint density at radius 3 is 2.73 bits per heavy atom. The first-order chi connectivity index (χ1) is 7.13. The third kappa shape index (κ3) is 4.52. The monoisotopic (exact) mass is 212 g/mol. The highest BCUT2D eigenvalue weighted by Crippen LogP contribution is 2.15. The van der Waals surface area contributed by atoms with E-state index in [0.29, 0.717) is 6.04 Å². The summed E-state index contributed by atoms with van der Waals surface area (Å²) in [6.45, 7) is 10.7. The molecule has 3 unspecified atom stereocenters. The second kappa shape index (κ2) is 6.49. The minimum absolute atomic E-state index is 0.669. The number of hydrogen-bond donors (Lipinski definition) is 1. The van der Waals surface area contributed by atoms with Crippen LogP contribution in [0.25, 0.3) is 0 Å². The van der Waals surface area contributed by atoms with Crippen molar-refractivity contribution < 1.29 is 0 Å². The smallest absolute Gasteiger partial charge is 0.00643 e. The van der Waals surface area contributed by atoms with E-state index in [4.69, 9.17) is 0 Å². The summed E-state index contributed by atoms with van der Waals surface area (Å²) in [5.74, 6) is 1.67. The quantitative estimate of drug-likeness (QED) is 0.752. The highest BCUT2D eigenvalue weighted by atomic mass is 15.1. The van der Waals surface area contributed by atoms with Crippen molar-refractivity contribution in [3.63, 3.8) is 0 Å². The average Bonchev–Trinajstić information content (AvgIpc) is 2.25. The zero-order valence-corrected chi connectivity index (χ0v) is 10.9. The Morgan fingerprint density at radius 2 is 2.13 bits per heavy atom. The summed E-state index contributed by atoms with van der Waals surface area (Å²) < 4.78 is 0. The van der Waals surface area contributed by atoms with Crippen molar-refractivity contribution in [2.24, 2.45) is 11.8 Å². The predicted molar refractivity (Wildman–Crippen MR) is 67.1 cm³/mol. The molecule has 15 heavy (non-hydrogen) atoms. The van der Waals surface area contributed by atoms with E-state index in [1.54, 1.807) is 0 Å². The van der Waals surface area contributed by atoms with E-state index in [-0.39, 0.29) is 0 Å². The molecule has 90 valence electrons. The van der Waals surface area contributed by atoms with Gasteiger partial charge in [0.05, 0.1) is 0 Å². The van der Waals surface area contributed by atoms with Gasteiger partial charge in [-0.3, -0.25) is 0 Å². The molecule has 2 heteroatoms. The Labute approximate surface area is 95.4 Å². The summed E-state index contributed by atoms with van der Waals surface area (Å²) in [7, 11) is 2.24. The van der Waals surface area contributed by atoms with Crippen LogP contribution in [-0.4, -0.2) is 37.6 Å². The largest absolute Gasteiger partial charge is 0.314 e. The van der Waals surface area contributed by atoms with E-state index in [1.165, 1.54) is 38.9 Å². The van der Waals surface area contributed by atoms with E-state index >= 15 is 0 Å². The molecule has 2 nitrogen and oxygen atoms in total. The summed E-state index contributed by atoms with van der Waals surface area (Å²) in [6.07, 6.45) is 4.06. The van der Waals surface area contributed by atoms with Crippen molar-refractivity contribution in [1.82, 2.24) is 10.2 Å². The Kier molecular flexibility index (Phi) is 5.62.